The van der Waals surface area contributed by atoms with E-state index in [0.717, 1.165) is 11.3 Å². The van der Waals surface area contributed by atoms with Crippen molar-refractivity contribution in [3.8, 4) is 0 Å². The predicted molar refractivity (Wildman–Crippen MR) is 74.2 cm³/mol. The molecular formula is C13H14ClN3O2. The number of hydrogen-bond acceptors (Lipinski definition) is 4. The highest BCUT2D eigenvalue weighted by molar-refractivity contribution is 6.17. The minimum absolute atomic E-state index is 0. The summed E-state index contributed by atoms with van der Waals surface area (Å²) in [5.41, 5.74) is 1.98. The second kappa shape index (κ2) is 5.40. The van der Waals surface area contributed by atoms with Crippen LogP contribution in [0.25, 0.3) is 0 Å². The summed E-state index contributed by atoms with van der Waals surface area (Å²) in [5.74, 6) is 0.0252. The van der Waals surface area contributed by atoms with Gasteiger partial charge in [-0.3, -0.25) is 9.59 Å². The number of hydrogen-bond donors (Lipinski definition) is 1. The second-order valence-corrected chi connectivity index (χ2v) is 4.40. The normalized spacial score (nSPS) is 18.1. The van der Waals surface area contributed by atoms with Gasteiger partial charge in [-0.15, -0.1) is 12.4 Å². The summed E-state index contributed by atoms with van der Waals surface area (Å²) in [7, 11) is 0. The van der Waals surface area contributed by atoms with Crippen LogP contribution < -0.4 is 5.32 Å². The third kappa shape index (κ3) is 2.46. The summed E-state index contributed by atoms with van der Waals surface area (Å²) in [4.78, 5) is 29.1. The number of amides is 2. The smallest absolute Gasteiger partial charge is 0.236 e. The topological polar surface area (TPSA) is 61.8 Å². The molecule has 1 aromatic rings. The maximum atomic E-state index is 11.8. The van der Waals surface area contributed by atoms with Crippen molar-refractivity contribution in [3.63, 3.8) is 0 Å². The summed E-state index contributed by atoms with van der Waals surface area (Å²) >= 11 is 0. The summed E-state index contributed by atoms with van der Waals surface area (Å²) < 4.78 is 0. The van der Waals surface area contributed by atoms with E-state index in [-0.39, 0.29) is 24.2 Å². The third-order valence-corrected chi connectivity index (χ3v) is 3.15. The van der Waals surface area contributed by atoms with Gasteiger partial charge >= 0.3 is 0 Å². The number of para-hydroxylation sites is 1. The molecule has 2 aliphatic heterocycles. The number of rotatable bonds is 0. The number of fused-ring (bicyclic) bond motifs is 1. The molecule has 0 bridgehead atoms. The summed E-state index contributed by atoms with van der Waals surface area (Å²) in [6.07, 6.45) is 1.46. The van der Waals surface area contributed by atoms with E-state index in [1.807, 2.05) is 24.3 Å². The predicted octanol–water partition coefficient (Wildman–Crippen LogP) is 1.93. The molecule has 0 atom stereocenters. The molecule has 5 nitrogen and oxygen atoms in total. The van der Waals surface area contributed by atoms with Gasteiger partial charge in [-0.1, -0.05) is 18.2 Å². The van der Waals surface area contributed by atoms with Crippen LogP contribution in [0.15, 0.2) is 29.3 Å². The molecular weight excluding hydrogens is 266 g/mol. The Labute approximate surface area is 117 Å². The van der Waals surface area contributed by atoms with Crippen molar-refractivity contribution in [1.29, 1.82) is 0 Å². The van der Waals surface area contributed by atoms with Gasteiger partial charge in [-0.25, -0.2) is 9.89 Å². The van der Waals surface area contributed by atoms with Crippen molar-refractivity contribution in [3.05, 3.63) is 29.8 Å². The Hall–Kier alpha value is -1.88. The molecule has 0 aliphatic carbocycles. The quantitative estimate of drug-likeness (QED) is 0.738. The zero-order valence-electron chi connectivity index (χ0n) is 10.3. The molecule has 2 heterocycles. The van der Waals surface area contributed by atoms with E-state index in [4.69, 9.17) is 0 Å². The molecule has 1 fully saturated rings. The van der Waals surface area contributed by atoms with Gasteiger partial charge in [0.1, 0.15) is 0 Å². The molecule has 19 heavy (non-hydrogen) atoms. The zero-order chi connectivity index (χ0) is 12.5. The number of guanidine groups is 1. The zero-order valence-corrected chi connectivity index (χ0v) is 11.1. The highest BCUT2D eigenvalue weighted by atomic mass is 35.5. The minimum Gasteiger partial charge on any atom is -0.325 e. The van der Waals surface area contributed by atoms with E-state index >= 15 is 0 Å². The first-order chi connectivity index (χ1) is 8.75. The lowest BCUT2D eigenvalue weighted by Gasteiger charge is -2.29. The van der Waals surface area contributed by atoms with Crippen LogP contribution in [0.3, 0.4) is 0 Å². The number of carbonyl (C=O) groups excluding carboxylic acids is 2. The van der Waals surface area contributed by atoms with Crippen molar-refractivity contribution >= 4 is 35.9 Å². The average molecular weight is 280 g/mol. The number of halogens is 1. The Kier molecular flexibility index (Phi) is 3.85. The van der Waals surface area contributed by atoms with Gasteiger partial charge in [0, 0.05) is 18.5 Å². The molecule has 2 aliphatic rings. The number of nitrogens with zero attached hydrogens (tertiary/aromatic N) is 2. The van der Waals surface area contributed by atoms with E-state index in [0.29, 0.717) is 31.8 Å². The van der Waals surface area contributed by atoms with Crippen molar-refractivity contribution in [2.24, 2.45) is 4.99 Å². The Morgan fingerprint density at radius 3 is 2.53 bits per heavy atom. The van der Waals surface area contributed by atoms with Crippen molar-refractivity contribution in [1.82, 2.24) is 4.90 Å². The van der Waals surface area contributed by atoms with E-state index in [1.54, 1.807) is 0 Å². The lowest BCUT2D eigenvalue weighted by Crippen LogP contribution is -2.48. The van der Waals surface area contributed by atoms with Crippen molar-refractivity contribution in [2.45, 2.75) is 25.8 Å². The molecule has 2 amide bonds. The van der Waals surface area contributed by atoms with Crippen molar-refractivity contribution in [2.75, 3.05) is 5.32 Å². The van der Waals surface area contributed by atoms with Crippen molar-refractivity contribution < 1.29 is 9.59 Å². The van der Waals surface area contributed by atoms with E-state index in [2.05, 4.69) is 10.3 Å². The van der Waals surface area contributed by atoms with Gasteiger partial charge in [0.15, 0.2) is 0 Å². The molecule has 1 N–H and O–H groups in total. The fourth-order valence-corrected chi connectivity index (χ4v) is 2.22. The SMILES string of the molecule is Cl.O=C1CCCC(=O)N1C1=NCc2ccccc2N1. The van der Waals surface area contributed by atoms with Gasteiger partial charge in [0.2, 0.25) is 17.8 Å². The molecule has 3 rings (SSSR count). The van der Waals surface area contributed by atoms with Crippen LogP contribution in [-0.2, 0) is 16.1 Å². The van der Waals surface area contributed by atoms with Crippen LogP contribution in [0.2, 0.25) is 0 Å². The Bertz CT molecular complexity index is 541. The van der Waals surface area contributed by atoms with Crippen LogP contribution in [-0.4, -0.2) is 22.7 Å². The maximum Gasteiger partial charge on any atom is 0.236 e. The number of aliphatic imine (C=N–C) groups is 1. The number of benzene rings is 1. The maximum absolute atomic E-state index is 11.8. The number of likely N-dealkylation sites (tertiary alicyclic amines) is 1. The van der Waals surface area contributed by atoms with Crippen LogP contribution >= 0.6 is 12.4 Å². The number of piperidine rings is 1. The van der Waals surface area contributed by atoms with Crippen LogP contribution in [0.4, 0.5) is 5.69 Å². The Balaban J connectivity index is 0.00000133. The first-order valence-corrected chi connectivity index (χ1v) is 6.01. The largest absolute Gasteiger partial charge is 0.325 e. The minimum atomic E-state index is -0.170. The van der Waals surface area contributed by atoms with Crippen LogP contribution in [0.1, 0.15) is 24.8 Å². The summed E-state index contributed by atoms with van der Waals surface area (Å²) in [6, 6.07) is 7.75. The Morgan fingerprint density at radius 2 is 1.79 bits per heavy atom. The molecule has 0 spiro atoms. The molecule has 0 unspecified atom stereocenters. The van der Waals surface area contributed by atoms with E-state index in [9.17, 15) is 9.59 Å². The number of imide groups is 1. The summed E-state index contributed by atoms with van der Waals surface area (Å²) in [5, 5.41) is 3.06. The highest BCUT2D eigenvalue weighted by Gasteiger charge is 2.31. The highest BCUT2D eigenvalue weighted by Crippen LogP contribution is 2.22. The van der Waals surface area contributed by atoms with Gasteiger partial charge in [0.05, 0.1) is 6.54 Å². The standard InChI is InChI=1S/C13H13N3O2.ClH/c17-11-6-3-7-12(18)16(11)13-14-8-9-4-1-2-5-10(9)15-13;/h1-2,4-5H,3,6-8H2,(H,14,15);1H. The van der Waals surface area contributed by atoms with Crippen LogP contribution in [0, 0.1) is 0 Å². The molecule has 0 aromatic heterocycles. The van der Waals surface area contributed by atoms with E-state index < -0.39 is 0 Å². The molecule has 6 heteroatoms. The van der Waals surface area contributed by atoms with Gasteiger partial charge in [-0.2, -0.15) is 0 Å². The summed E-state index contributed by atoms with van der Waals surface area (Å²) in [6.45, 7) is 0.496. The third-order valence-electron chi connectivity index (χ3n) is 3.15. The molecule has 1 aromatic carbocycles. The lowest BCUT2D eigenvalue weighted by atomic mass is 10.1. The second-order valence-electron chi connectivity index (χ2n) is 4.40. The molecule has 0 radical (unpaired) electrons. The molecule has 0 saturated carbocycles. The fourth-order valence-electron chi connectivity index (χ4n) is 2.22. The van der Waals surface area contributed by atoms with E-state index in [1.165, 1.54) is 4.90 Å². The number of nitrogens with one attached hydrogen (secondary N) is 1. The first-order valence-electron chi connectivity index (χ1n) is 6.01. The van der Waals surface area contributed by atoms with Gasteiger partial charge in [0.25, 0.3) is 0 Å². The van der Waals surface area contributed by atoms with Gasteiger partial charge in [-0.05, 0) is 18.1 Å². The first kappa shape index (κ1) is 13.5. The Morgan fingerprint density at radius 1 is 1.11 bits per heavy atom. The molecule has 1 saturated heterocycles. The monoisotopic (exact) mass is 279 g/mol. The average Bonchev–Trinajstić information content (AvgIpc) is 2.38. The molecule has 100 valence electrons. The van der Waals surface area contributed by atoms with Crippen LogP contribution in [0.5, 0.6) is 0 Å². The fraction of sp³-hybridized carbons (Fsp3) is 0.308. The lowest BCUT2D eigenvalue weighted by molar-refractivity contribution is -0.142. The number of carbonyl (C=O) groups is 2. The van der Waals surface area contributed by atoms with Gasteiger partial charge < -0.3 is 5.32 Å². The number of anilines is 1.